The maximum atomic E-state index is 12.3. The molecule has 112 valence electrons. The predicted octanol–water partition coefficient (Wildman–Crippen LogP) is 1.34. The van der Waals surface area contributed by atoms with E-state index in [0.29, 0.717) is 12.2 Å². The molecular formula is C14H23N3O2S. The Kier molecular flexibility index (Phi) is 4.67. The van der Waals surface area contributed by atoms with Crippen LogP contribution in [-0.2, 0) is 10.0 Å². The normalized spacial score (nSPS) is 21.0. The number of piperidine rings is 1. The van der Waals surface area contributed by atoms with E-state index >= 15 is 0 Å². The number of sulfonamides is 1. The third kappa shape index (κ3) is 3.50. The summed E-state index contributed by atoms with van der Waals surface area (Å²) in [7, 11) is -1.44. The molecule has 1 aromatic carbocycles. The zero-order valence-electron chi connectivity index (χ0n) is 12.1. The van der Waals surface area contributed by atoms with E-state index in [1.165, 1.54) is 12.5 Å². The molecule has 0 saturated carbocycles. The number of hydrogen-bond donors (Lipinski definition) is 2. The van der Waals surface area contributed by atoms with Crippen molar-refractivity contribution in [3.05, 3.63) is 23.8 Å². The summed E-state index contributed by atoms with van der Waals surface area (Å²) in [5.41, 5.74) is 7.17. The Balaban J connectivity index is 2.05. The van der Waals surface area contributed by atoms with Gasteiger partial charge in [0.05, 0.1) is 4.90 Å². The number of hydrogen-bond acceptors (Lipinski definition) is 4. The SMILES string of the molecule is Cc1ccc(S(=O)(=O)NCC2CCCCN2C)cc1N. The lowest BCUT2D eigenvalue weighted by Crippen LogP contribution is -2.44. The van der Waals surface area contributed by atoms with Crippen LogP contribution in [0.3, 0.4) is 0 Å². The molecule has 0 spiro atoms. The van der Waals surface area contributed by atoms with Gasteiger partial charge in [0.15, 0.2) is 0 Å². The van der Waals surface area contributed by atoms with Crippen molar-refractivity contribution in [3.63, 3.8) is 0 Å². The van der Waals surface area contributed by atoms with Crippen LogP contribution in [0.2, 0.25) is 0 Å². The van der Waals surface area contributed by atoms with Crippen LogP contribution in [0, 0.1) is 6.92 Å². The minimum absolute atomic E-state index is 0.235. The molecule has 0 aliphatic carbocycles. The number of likely N-dealkylation sites (tertiary alicyclic amines) is 1. The van der Waals surface area contributed by atoms with E-state index in [-0.39, 0.29) is 10.9 Å². The molecule has 1 saturated heterocycles. The highest BCUT2D eigenvalue weighted by Gasteiger charge is 2.22. The molecule has 1 unspecified atom stereocenters. The van der Waals surface area contributed by atoms with Crippen LogP contribution < -0.4 is 10.5 Å². The van der Waals surface area contributed by atoms with Crippen LogP contribution in [0.25, 0.3) is 0 Å². The van der Waals surface area contributed by atoms with Crippen LogP contribution in [-0.4, -0.2) is 39.5 Å². The summed E-state index contributed by atoms with van der Waals surface area (Å²) in [5.74, 6) is 0. The van der Waals surface area contributed by atoms with E-state index in [1.807, 2.05) is 14.0 Å². The highest BCUT2D eigenvalue weighted by molar-refractivity contribution is 7.89. The summed E-state index contributed by atoms with van der Waals surface area (Å²) < 4.78 is 27.2. The van der Waals surface area contributed by atoms with Gasteiger partial charge in [0.2, 0.25) is 10.0 Å². The van der Waals surface area contributed by atoms with Crippen LogP contribution in [0.5, 0.6) is 0 Å². The first-order chi connectivity index (χ1) is 9.40. The minimum atomic E-state index is -3.48. The van der Waals surface area contributed by atoms with Crippen molar-refractivity contribution in [1.82, 2.24) is 9.62 Å². The molecule has 0 radical (unpaired) electrons. The number of nitrogens with zero attached hydrogens (tertiary/aromatic N) is 1. The fourth-order valence-corrected chi connectivity index (χ4v) is 3.58. The van der Waals surface area contributed by atoms with Crippen molar-refractivity contribution in [2.45, 2.75) is 37.1 Å². The summed E-state index contributed by atoms with van der Waals surface area (Å²) in [6.45, 7) is 3.34. The lowest BCUT2D eigenvalue weighted by molar-refractivity contribution is 0.187. The van der Waals surface area contributed by atoms with Crippen LogP contribution in [0.15, 0.2) is 23.1 Å². The Bertz CT molecular complexity index is 572. The van der Waals surface area contributed by atoms with E-state index < -0.39 is 10.0 Å². The van der Waals surface area contributed by atoms with E-state index in [2.05, 4.69) is 9.62 Å². The maximum absolute atomic E-state index is 12.3. The summed E-state index contributed by atoms with van der Waals surface area (Å²) in [6, 6.07) is 5.12. The Hall–Kier alpha value is -1.11. The first kappa shape index (κ1) is 15.3. The van der Waals surface area contributed by atoms with E-state index in [1.54, 1.807) is 12.1 Å². The third-order valence-electron chi connectivity index (χ3n) is 3.99. The molecule has 1 aromatic rings. The third-order valence-corrected chi connectivity index (χ3v) is 5.41. The van der Waals surface area contributed by atoms with Crippen molar-refractivity contribution in [3.8, 4) is 0 Å². The molecule has 20 heavy (non-hydrogen) atoms. The average molecular weight is 297 g/mol. The highest BCUT2D eigenvalue weighted by atomic mass is 32.2. The number of anilines is 1. The highest BCUT2D eigenvalue weighted by Crippen LogP contribution is 2.18. The molecule has 1 aliphatic heterocycles. The quantitative estimate of drug-likeness (QED) is 0.822. The molecule has 1 heterocycles. The van der Waals surface area contributed by atoms with Gasteiger partial charge in [-0.1, -0.05) is 12.5 Å². The summed E-state index contributed by atoms with van der Waals surface area (Å²) in [5, 5.41) is 0. The zero-order chi connectivity index (χ0) is 14.8. The molecule has 0 aromatic heterocycles. The van der Waals surface area contributed by atoms with Gasteiger partial charge in [0, 0.05) is 18.3 Å². The zero-order valence-corrected chi connectivity index (χ0v) is 12.9. The minimum Gasteiger partial charge on any atom is -0.398 e. The molecule has 5 nitrogen and oxygen atoms in total. The smallest absolute Gasteiger partial charge is 0.240 e. The van der Waals surface area contributed by atoms with Gasteiger partial charge in [-0.05, 0) is 51.1 Å². The number of nitrogens with two attached hydrogens (primary N) is 1. The van der Waals surface area contributed by atoms with E-state index in [0.717, 1.165) is 24.9 Å². The van der Waals surface area contributed by atoms with Crippen LogP contribution in [0.4, 0.5) is 5.69 Å². The Morgan fingerprint density at radius 3 is 2.80 bits per heavy atom. The molecule has 1 fully saturated rings. The average Bonchev–Trinajstić information content (AvgIpc) is 2.41. The second kappa shape index (κ2) is 6.11. The van der Waals surface area contributed by atoms with Gasteiger partial charge in [0.25, 0.3) is 0 Å². The van der Waals surface area contributed by atoms with Gasteiger partial charge in [-0.15, -0.1) is 0 Å². The van der Waals surface area contributed by atoms with Gasteiger partial charge < -0.3 is 10.6 Å². The molecule has 0 amide bonds. The number of likely N-dealkylation sites (N-methyl/N-ethyl adjacent to an activating group) is 1. The number of aryl methyl sites for hydroxylation is 1. The molecule has 3 N–H and O–H groups in total. The molecule has 1 atom stereocenters. The van der Waals surface area contributed by atoms with Gasteiger partial charge >= 0.3 is 0 Å². The van der Waals surface area contributed by atoms with E-state index in [4.69, 9.17) is 5.73 Å². The lowest BCUT2D eigenvalue weighted by atomic mass is 10.0. The van der Waals surface area contributed by atoms with Gasteiger partial charge in [-0.2, -0.15) is 0 Å². The van der Waals surface area contributed by atoms with Crippen LogP contribution in [0.1, 0.15) is 24.8 Å². The second-order valence-corrected chi connectivity index (χ2v) is 7.27. The summed E-state index contributed by atoms with van der Waals surface area (Å²) >= 11 is 0. The molecule has 0 bridgehead atoms. The van der Waals surface area contributed by atoms with Gasteiger partial charge in [-0.25, -0.2) is 13.1 Å². The first-order valence-electron chi connectivity index (χ1n) is 6.96. The van der Waals surface area contributed by atoms with Crippen molar-refractivity contribution in [1.29, 1.82) is 0 Å². The fraction of sp³-hybridized carbons (Fsp3) is 0.571. The van der Waals surface area contributed by atoms with Crippen molar-refractivity contribution in [2.75, 3.05) is 25.9 Å². The van der Waals surface area contributed by atoms with Crippen molar-refractivity contribution in [2.24, 2.45) is 0 Å². The summed E-state index contributed by atoms with van der Waals surface area (Å²) in [6.07, 6.45) is 3.39. The summed E-state index contributed by atoms with van der Waals surface area (Å²) in [4.78, 5) is 2.45. The molecule has 1 aliphatic rings. The second-order valence-electron chi connectivity index (χ2n) is 5.50. The Labute approximate surface area is 121 Å². The lowest BCUT2D eigenvalue weighted by Gasteiger charge is -2.32. The number of rotatable bonds is 4. The Morgan fingerprint density at radius 2 is 2.15 bits per heavy atom. The molecule has 2 rings (SSSR count). The number of nitrogen functional groups attached to an aromatic ring is 1. The number of nitrogens with one attached hydrogen (secondary N) is 1. The Morgan fingerprint density at radius 1 is 1.40 bits per heavy atom. The predicted molar refractivity (Wildman–Crippen MR) is 81.0 cm³/mol. The van der Waals surface area contributed by atoms with Crippen molar-refractivity contribution < 1.29 is 8.42 Å². The molecular weight excluding hydrogens is 274 g/mol. The van der Waals surface area contributed by atoms with Gasteiger partial charge in [0.1, 0.15) is 0 Å². The topological polar surface area (TPSA) is 75.4 Å². The standard InChI is InChI=1S/C14H23N3O2S/c1-11-6-7-13(9-14(11)15)20(18,19)16-10-12-5-3-4-8-17(12)2/h6-7,9,12,16H,3-5,8,10,15H2,1-2H3. The molecule has 6 heteroatoms. The largest absolute Gasteiger partial charge is 0.398 e. The van der Waals surface area contributed by atoms with Gasteiger partial charge in [-0.3, -0.25) is 0 Å². The van der Waals surface area contributed by atoms with Crippen molar-refractivity contribution >= 4 is 15.7 Å². The number of benzene rings is 1. The van der Waals surface area contributed by atoms with Crippen LogP contribution >= 0.6 is 0 Å². The maximum Gasteiger partial charge on any atom is 0.240 e. The van der Waals surface area contributed by atoms with E-state index in [9.17, 15) is 8.42 Å². The fourth-order valence-electron chi connectivity index (χ4n) is 2.48. The monoisotopic (exact) mass is 297 g/mol. The first-order valence-corrected chi connectivity index (χ1v) is 8.44.